The fraction of sp³-hybridized carbons (Fsp3) is 0.524. The number of carbonyl (C=O) groups is 1. The second-order valence-corrected chi connectivity index (χ2v) is 8.12. The molecule has 3 aliphatic carbocycles. The van der Waals surface area contributed by atoms with Crippen LogP contribution in [0.3, 0.4) is 0 Å². The summed E-state index contributed by atoms with van der Waals surface area (Å²) in [5.41, 5.74) is 3.99. The molecule has 0 radical (unpaired) electrons. The van der Waals surface area contributed by atoms with Crippen LogP contribution in [0.1, 0.15) is 49.5 Å². The van der Waals surface area contributed by atoms with Crippen molar-refractivity contribution < 1.29 is 4.79 Å². The van der Waals surface area contributed by atoms with Crippen LogP contribution in [0.4, 0.5) is 0 Å². The van der Waals surface area contributed by atoms with Crippen molar-refractivity contribution in [2.24, 2.45) is 28.8 Å². The van der Waals surface area contributed by atoms with Gasteiger partial charge in [-0.15, -0.1) is 0 Å². The van der Waals surface area contributed by atoms with E-state index in [0.717, 1.165) is 29.9 Å². The van der Waals surface area contributed by atoms with E-state index >= 15 is 0 Å². The van der Waals surface area contributed by atoms with Gasteiger partial charge < -0.3 is 0 Å². The zero-order valence-electron chi connectivity index (χ0n) is 15.5. The van der Waals surface area contributed by atoms with Gasteiger partial charge in [0.15, 0.2) is 5.69 Å². The Morgan fingerprint density at radius 3 is 2.85 bits per heavy atom. The number of nitrogens with one attached hydrogen (secondary N) is 1. The molecule has 4 atom stereocenters. The van der Waals surface area contributed by atoms with Gasteiger partial charge in [-0.25, -0.2) is 10.1 Å². The molecule has 27 heavy (non-hydrogen) atoms. The number of amides is 1. The molecule has 2 bridgehead atoms. The number of hydrazone groups is 1. The maximum absolute atomic E-state index is 12.8. The molecular formula is C21H24N4O2. The van der Waals surface area contributed by atoms with Crippen LogP contribution in [0, 0.1) is 23.7 Å². The van der Waals surface area contributed by atoms with E-state index in [0.29, 0.717) is 23.2 Å². The molecule has 3 aliphatic rings. The van der Waals surface area contributed by atoms with E-state index in [1.807, 2.05) is 13.0 Å². The molecule has 0 saturated heterocycles. The number of hydrogen-bond acceptors (Lipinski definition) is 4. The maximum atomic E-state index is 12.8. The van der Waals surface area contributed by atoms with Crippen LogP contribution in [0.25, 0.3) is 10.8 Å². The Bertz CT molecular complexity index is 1010. The van der Waals surface area contributed by atoms with Gasteiger partial charge in [-0.1, -0.05) is 24.6 Å². The molecule has 3 saturated carbocycles. The van der Waals surface area contributed by atoms with E-state index in [9.17, 15) is 9.59 Å². The zero-order chi connectivity index (χ0) is 18.5. The molecule has 1 aromatic carbocycles. The lowest BCUT2D eigenvalue weighted by molar-refractivity contribution is 0.0949. The van der Waals surface area contributed by atoms with Crippen LogP contribution in [0.15, 0.2) is 34.2 Å². The Kier molecular flexibility index (Phi) is 3.88. The third kappa shape index (κ3) is 2.53. The topological polar surface area (TPSA) is 76.3 Å². The van der Waals surface area contributed by atoms with Gasteiger partial charge in [0.05, 0.1) is 5.39 Å². The van der Waals surface area contributed by atoms with Crippen LogP contribution >= 0.6 is 0 Å². The summed E-state index contributed by atoms with van der Waals surface area (Å²) in [5.74, 6) is 2.64. The first-order valence-corrected chi connectivity index (χ1v) is 10.0. The third-order valence-electron chi connectivity index (χ3n) is 6.89. The van der Waals surface area contributed by atoms with E-state index in [-0.39, 0.29) is 17.2 Å². The summed E-state index contributed by atoms with van der Waals surface area (Å²) < 4.78 is 1.34. The molecule has 0 spiro atoms. The molecule has 6 heteroatoms. The summed E-state index contributed by atoms with van der Waals surface area (Å²) in [5, 5.41) is 9.90. The molecule has 0 aliphatic heterocycles. The number of hydrogen-bond donors (Lipinski definition) is 1. The first-order valence-electron chi connectivity index (χ1n) is 10.0. The molecule has 1 aromatic heterocycles. The van der Waals surface area contributed by atoms with Gasteiger partial charge in [-0.05, 0) is 56.4 Å². The lowest BCUT2D eigenvalue weighted by Gasteiger charge is -2.25. The minimum Gasteiger partial charge on any atom is -0.267 e. The van der Waals surface area contributed by atoms with Gasteiger partial charge in [-0.2, -0.15) is 10.2 Å². The molecule has 1 amide bonds. The summed E-state index contributed by atoms with van der Waals surface area (Å²) in [6.07, 6.45) is 6.30. The van der Waals surface area contributed by atoms with Gasteiger partial charge in [-0.3, -0.25) is 9.59 Å². The first-order chi connectivity index (χ1) is 13.2. The van der Waals surface area contributed by atoms with Crippen molar-refractivity contribution in [3.8, 4) is 0 Å². The van der Waals surface area contributed by atoms with Gasteiger partial charge in [0.2, 0.25) is 0 Å². The van der Waals surface area contributed by atoms with E-state index in [1.54, 1.807) is 18.2 Å². The highest BCUT2D eigenvalue weighted by Crippen LogP contribution is 2.57. The number of carbonyl (C=O) groups excluding carboxylic acids is 1. The van der Waals surface area contributed by atoms with Crippen LogP contribution in [-0.2, 0) is 6.54 Å². The minimum absolute atomic E-state index is 0.170. The molecular weight excluding hydrogens is 340 g/mol. The SMILES string of the molecule is CCn1nc(C(=O)N/N=C2\CC3CC2C2CCCC32)c2ccccc2c1=O. The summed E-state index contributed by atoms with van der Waals surface area (Å²) in [6.45, 7) is 2.27. The van der Waals surface area contributed by atoms with Gasteiger partial charge in [0, 0.05) is 23.6 Å². The summed E-state index contributed by atoms with van der Waals surface area (Å²) in [7, 11) is 0. The van der Waals surface area contributed by atoms with Gasteiger partial charge in [0.1, 0.15) is 0 Å². The molecule has 140 valence electrons. The smallest absolute Gasteiger partial charge is 0.267 e. The molecule has 1 heterocycles. The maximum Gasteiger partial charge on any atom is 0.292 e. The highest BCUT2D eigenvalue weighted by atomic mass is 16.2. The minimum atomic E-state index is -0.341. The zero-order valence-corrected chi connectivity index (χ0v) is 15.5. The summed E-state index contributed by atoms with van der Waals surface area (Å²) in [6, 6.07) is 7.13. The van der Waals surface area contributed by atoms with Crippen LogP contribution < -0.4 is 11.0 Å². The fourth-order valence-corrected chi connectivity index (χ4v) is 5.74. The van der Waals surface area contributed by atoms with Crippen molar-refractivity contribution >= 4 is 22.4 Å². The molecule has 1 N–H and O–H groups in total. The number of fused-ring (bicyclic) bond motifs is 6. The standard InChI is InChI=1S/C21H24N4O2/c1-2-25-21(27)16-7-4-3-6-15(16)19(24-25)20(26)23-22-18-11-12-10-17(18)14-9-5-8-13(12)14/h3-4,6-7,12-14,17H,2,5,8-11H2,1H3,(H,23,26)/b22-18+. The van der Waals surface area contributed by atoms with E-state index < -0.39 is 0 Å². The van der Waals surface area contributed by atoms with Crippen molar-refractivity contribution in [3.63, 3.8) is 0 Å². The summed E-state index contributed by atoms with van der Waals surface area (Å²) in [4.78, 5) is 25.3. The number of aryl methyl sites for hydroxylation is 1. The van der Waals surface area contributed by atoms with Crippen molar-refractivity contribution in [1.29, 1.82) is 0 Å². The summed E-state index contributed by atoms with van der Waals surface area (Å²) >= 11 is 0. The first kappa shape index (κ1) is 16.7. The lowest BCUT2D eigenvalue weighted by atomic mass is 9.81. The number of aromatic nitrogens is 2. The highest BCUT2D eigenvalue weighted by molar-refractivity contribution is 6.05. The van der Waals surface area contributed by atoms with Crippen molar-refractivity contribution in [1.82, 2.24) is 15.2 Å². The molecule has 4 unspecified atom stereocenters. The van der Waals surface area contributed by atoms with Crippen molar-refractivity contribution in [2.45, 2.75) is 45.6 Å². The third-order valence-corrected chi connectivity index (χ3v) is 6.89. The Balaban J connectivity index is 1.44. The second kappa shape index (κ2) is 6.29. The van der Waals surface area contributed by atoms with Crippen LogP contribution in [-0.4, -0.2) is 21.4 Å². The molecule has 5 rings (SSSR count). The van der Waals surface area contributed by atoms with Gasteiger partial charge in [0.25, 0.3) is 11.5 Å². The van der Waals surface area contributed by atoms with E-state index in [4.69, 9.17) is 0 Å². The van der Waals surface area contributed by atoms with E-state index in [1.165, 1.54) is 30.4 Å². The van der Waals surface area contributed by atoms with Crippen molar-refractivity contribution in [3.05, 3.63) is 40.3 Å². The Labute approximate surface area is 157 Å². The molecule has 6 nitrogen and oxygen atoms in total. The Morgan fingerprint density at radius 2 is 2.04 bits per heavy atom. The quantitative estimate of drug-likeness (QED) is 0.851. The lowest BCUT2D eigenvalue weighted by Crippen LogP contribution is -2.30. The van der Waals surface area contributed by atoms with Crippen LogP contribution in [0.5, 0.6) is 0 Å². The Morgan fingerprint density at radius 1 is 1.26 bits per heavy atom. The van der Waals surface area contributed by atoms with Crippen molar-refractivity contribution in [2.75, 3.05) is 0 Å². The normalized spacial score (nSPS) is 30.2. The Hall–Kier alpha value is -2.50. The van der Waals surface area contributed by atoms with E-state index in [2.05, 4.69) is 15.6 Å². The number of nitrogens with zero attached hydrogens (tertiary/aromatic N) is 3. The monoisotopic (exact) mass is 364 g/mol. The number of benzene rings is 1. The molecule has 3 fully saturated rings. The predicted octanol–water partition coefficient (Wildman–Crippen LogP) is 2.96. The average molecular weight is 364 g/mol. The average Bonchev–Trinajstić information content (AvgIpc) is 3.40. The second-order valence-electron chi connectivity index (χ2n) is 8.12. The largest absolute Gasteiger partial charge is 0.292 e. The van der Waals surface area contributed by atoms with Crippen LogP contribution in [0.2, 0.25) is 0 Å². The fourth-order valence-electron chi connectivity index (χ4n) is 5.74. The van der Waals surface area contributed by atoms with Gasteiger partial charge >= 0.3 is 0 Å². The highest BCUT2D eigenvalue weighted by Gasteiger charge is 2.52. The molecule has 2 aromatic rings. The number of rotatable bonds is 3. The predicted molar refractivity (Wildman–Crippen MR) is 104 cm³/mol.